The Balaban J connectivity index is 1.20. The zero-order valence-electron chi connectivity index (χ0n) is 20.0. The lowest BCUT2D eigenvalue weighted by Gasteiger charge is -2.41. The molecule has 0 N–H and O–H groups in total. The quantitative estimate of drug-likeness (QED) is 0.530. The van der Waals surface area contributed by atoms with E-state index in [4.69, 9.17) is 0 Å². The number of amides is 2. The summed E-state index contributed by atoms with van der Waals surface area (Å²) >= 11 is 0. The minimum absolute atomic E-state index is 0.0908. The van der Waals surface area contributed by atoms with Crippen LogP contribution in [0.2, 0.25) is 0 Å². The van der Waals surface area contributed by atoms with Gasteiger partial charge in [-0.25, -0.2) is 0 Å². The van der Waals surface area contributed by atoms with Crippen molar-refractivity contribution < 1.29 is 9.59 Å². The van der Waals surface area contributed by atoms with Crippen LogP contribution in [0.3, 0.4) is 0 Å². The predicted octanol–water partition coefficient (Wildman–Crippen LogP) is 5.43. The molecule has 0 bridgehead atoms. The van der Waals surface area contributed by atoms with Gasteiger partial charge in [0.1, 0.15) is 0 Å². The second-order valence-corrected chi connectivity index (χ2v) is 11.4. The predicted molar refractivity (Wildman–Crippen MR) is 125 cm³/mol. The molecule has 2 amide bonds. The molecule has 1 saturated heterocycles. The largest absolute Gasteiger partial charge is 0.339 e. The highest BCUT2D eigenvalue weighted by Crippen LogP contribution is 2.47. The normalized spacial score (nSPS) is 33.1. The average Bonchev–Trinajstić information content (AvgIpc) is 3.57. The molecule has 0 aromatic rings. The van der Waals surface area contributed by atoms with Crippen molar-refractivity contribution in [1.29, 1.82) is 0 Å². The van der Waals surface area contributed by atoms with Gasteiger partial charge in [-0.15, -0.1) is 0 Å². The first-order valence-corrected chi connectivity index (χ1v) is 13.1. The van der Waals surface area contributed by atoms with Gasteiger partial charge in [0.15, 0.2) is 0 Å². The van der Waals surface area contributed by atoms with Crippen molar-refractivity contribution in [3.05, 3.63) is 12.2 Å². The van der Waals surface area contributed by atoms with Crippen molar-refractivity contribution in [3.8, 4) is 0 Å². The third-order valence-electron chi connectivity index (χ3n) is 9.08. The van der Waals surface area contributed by atoms with E-state index in [2.05, 4.69) is 25.3 Å². The Labute approximate surface area is 189 Å². The zero-order chi connectivity index (χ0) is 22.0. The fourth-order valence-electron chi connectivity index (χ4n) is 6.51. The van der Waals surface area contributed by atoms with Gasteiger partial charge in [0.2, 0.25) is 11.8 Å². The van der Waals surface area contributed by atoms with Crippen LogP contribution in [0.5, 0.6) is 0 Å². The van der Waals surface area contributed by atoms with Gasteiger partial charge in [-0.2, -0.15) is 0 Å². The maximum absolute atomic E-state index is 13.1. The minimum Gasteiger partial charge on any atom is -0.339 e. The maximum Gasteiger partial charge on any atom is 0.228 e. The van der Waals surface area contributed by atoms with Crippen molar-refractivity contribution >= 4 is 11.8 Å². The van der Waals surface area contributed by atoms with E-state index in [1.807, 2.05) is 4.90 Å². The number of carbonyl (C=O) groups is 2. The summed E-state index contributed by atoms with van der Waals surface area (Å²) in [5.41, 5.74) is 1.33. The van der Waals surface area contributed by atoms with E-state index in [1.54, 1.807) is 0 Å². The summed E-state index contributed by atoms with van der Waals surface area (Å²) in [5.74, 6) is 3.45. The summed E-state index contributed by atoms with van der Waals surface area (Å²) in [4.78, 5) is 29.8. The first-order chi connectivity index (χ1) is 14.9. The maximum atomic E-state index is 13.1. The van der Waals surface area contributed by atoms with E-state index < -0.39 is 0 Å². The molecular formula is C27H44N2O2. The van der Waals surface area contributed by atoms with Gasteiger partial charge in [-0.3, -0.25) is 9.59 Å². The summed E-state index contributed by atoms with van der Waals surface area (Å²) < 4.78 is 0. The van der Waals surface area contributed by atoms with Crippen molar-refractivity contribution in [2.24, 2.45) is 29.1 Å². The molecule has 3 saturated carbocycles. The fourth-order valence-corrected chi connectivity index (χ4v) is 6.51. The van der Waals surface area contributed by atoms with Crippen LogP contribution in [0, 0.1) is 29.1 Å². The number of nitrogens with zero attached hydrogens (tertiary/aromatic N) is 2. The van der Waals surface area contributed by atoms with Crippen molar-refractivity contribution in [2.45, 2.75) is 90.9 Å². The van der Waals surface area contributed by atoms with Crippen LogP contribution in [0.15, 0.2) is 12.2 Å². The summed E-state index contributed by atoms with van der Waals surface area (Å²) in [7, 11) is 0. The number of allylic oxidation sites excluding steroid dienone is 1. The Morgan fingerprint density at radius 1 is 0.903 bits per heavy atom. The first kappa shape index (κ1) is 22.9. The third-order valence-corrected chi connectivity index (χ3v) is 9.08. The van der Waals surface area contributed by atoms with E-state index in [1.165, 1.54) is 50.5 Å². The number of rotatable bonds is 6. The highest BCUT2D eigenvalue weighted by molar-refractivity contribution is 5.85. The van der Waals surface area contributed by atoms with Crippen LogP contribution in [-0.4, -0.2) is 47.8 Å². The number of hydrogen-bond donors (Lipinski definition) is 0. The SMILES string of the molecule is C=C(CC)CC1CCCC(C2CCC(C(=O)N3CCN(C(=O)C4(C)CC4)CC3)CC2)C1. The van der Waals surface area contributed by atoms with E-state index in [9.17, 15) is 9.59 Å². The van der Waals surface area contributed by atoms with Gasteiger partial charge in [0.25, 0.3) is 0 Å². The molecule has 0 aromatic heterocycles. The van der Waals surface area contributed by atoms with E-state index in [0.717, 1.165) is 76.0 Å². The fraction of sp³-hybridized carbons (Fsp3) is 0.852. The van der Waals surface area contributed by atoms with Gasteiger partial charge in [-0.05, 0) is 75.5 Å². The Bertz CT molecular complexity index is 667. The monoisotopic (exact) mass is 428 g/mol. The number of hydrogen-bond acceptors (Lipinski definition) is 2. The highest BCUT2D eigenvalue weighted by Gasteiger charge is 2.47. The molecule has 4 heteroatoms. The topological polar surface area (TPSA) is 40.6 Å². The molecule has 0 radical (unpaired) electrons. The molecule has 4 nitrogen and oxygen atoms in total. The van der Waals surface area contributed by atoms with Gasteiger partial charge in [0, 0.05) is 37.5 Å². The molecule has 4 fully saturated rings. The minimum atomic E-state index is -0.0908. The summed E-state index contributed by atoms with van der Waals surface area (Å²) in [6, 6.07) is 0. The summed E-state index contributed by atoms with van der Waals surface area (Å²) in [6.07, 6.45) is 14.6. The van der Waals surface area contributed by atoms with Gasteiger partial charge in [-0.1, -0.05) is 45.3 Å². The molecule has 4 aliphatic rings. The van der Waals surface area contributed by atoms with Crippen LogP contribution < -0.4 is 0 Å². The Kier molecular flexibility index (Phi) is 7.13. The summed E-state index contributed by atoms with van der Waals surface area (Å²) in [6.45, 7) is 11.5. The second-order valence-electron chi connectivity index (χ2n) is 11.4. The van der Waals surface area contributed by atoms with Crippen molar-refractivity contribution in [3.63, 3.8) is 0 Å². The molecule has 1 heterocycles. The van der Waals surface area contributed by atoms with E-state index >= 15 is 0 Å². The molecule has 0 aromatic carbocycles. The van der Waals surface area contributed by atoms with Crippen LogP contribution in [0.4, 0.5) is 0 Å². The lowest BCUT2D eigenvalue weighted by Crippen LogP contribution is -2.53. The molecule has 1 aliphatic heterocycles. The second kappa shape index (κ2) is 9.67. The van der Waals surface area contributed by atoms with Crippen molar-refractivity contribution in [1.82, 2.24) is 9.80 Å². The van der Waals surface area contributed by atoms with Crippen LogP contribution in [-0.2, 0) is 9.59 Å². The molecule has 0 spiro atoms. The van der Waals surface area contributed by atoms with Crippen LogP contribution >= 0.6 is 0 Å². The Morgan fingerprint density at radius 3 is 2.16 bits per heavy atom. The number of carbonyl (C=O) groups excluding carboxylic acids is 2. The molecule has 3 aliphatic carbocycles. The Hall–Kier alpha value is -1.32. The lowest BCUT2D eigenvalue weighted by molar-refractivity contribution is -0.145. The summed E-state index contributed by atoms with van der Waals surface area (Å²) in [5, 5.41) is 0. The van der Waals surface area contributed by atoms with E-state index in [-0.39, 0.29) is 11.3 Å². The van der Waals surface area contributed by atoms with Gasteiger partial charge in [0.05, 0.1) is 0 Å². The molecule has 31 heavy (non-hydrogen) atoms. The lowest BCUT2D eigenvalue weighted by atomic mass is 9.67. The first-order valence-electron chi connectivity index (χ1n) is 13.1. The van der Waals surface area contributed by atoms with Crippen LogP contribution in [0.1, 0.15) is 90.9 Å². The number of piperazine rings is 1. The Morgan fingerprint density at radius 2 is 1.55 bits per heavy atom. The third kappa shape index (κ3) is 5.37. The highest BCUT2D eigenvalue weighted by atomic mass is 16.2. The smallest absolute Gasteiger partial charge is 0.228 e. The molecule has 4 rings (SSSR count). The molecule has 174 valence electrons. The van der Waals surface area contributed by atoms with Gasteiger partial charge < -0.3 is 9.80 Å². The standard InChI is InChI=1S/C27H44N2O2/c1-4-20(2)18-21-6-5-7-24(19-21)22-8-10-23(11-9-22)25(30)28-14-16-29(17-15-28)26(31)27(3)12-13-27/h21-24H,2,4-19H2,1,3H3. The van der Waals surface area contributed by atoms with E-state index in [0.29, 0.717) is 11.8 Å². The van der Waals surface area contributed by atoms with Crippen LogP contribution in [0.25, 0.3) is 0 Å². The average molecular weight is 429 g/mol. The zero-order valence-corrected chi connectivity index (χ0v) is 20.0. The molecule has 2 unspecified atom stereocenters. The molecular weight excluding hydrogens is 384 g/mol. The molecule has 2 atom stereocenters. The van der Waals surface area contributed by atoms with Crippen molar-refractivity contribution in [2.75, 3.05) is 26.2 Å². The van der Waals surface area contributed by atoms with Gasteiger partial charge >= 0.3 is 0 Å².